The lowest BCUT2D eigenvalue weighted by atomic mass is 10.1. The maximum atomic E-state index is 11.9. The number of anilines is 1. The first-order valence-corrected chi connectivity index (χ1v) is 6.48. The topological polar surface area (TPSA) is 62.5 Å². The van der Waals surface area contributed by atoms with E-state index in [4.69, 9.17) is 5.11 Å². The summed E-state index contributed by atoms with van der Waals surface area (Å²) in [6, 6.07) is 9.00. The third-order valence-corrected chi connectivity index (χ3v) is 3.24. The van der Waals surface area contributed by atoms with Crippen molar-refractivity contribution in [2.75, 3.05) is 18.5 Å². The van der Waals surface area contributed by atoms with Gasteiger partial charge in [0.05, 0.1) is 5.52 Å². The molecule has 0 saturated carbocycles. The van der Waals surface area contributed by atoms with Crippen LogP contribution in [0.15, 0.2) is 35.1 Å². The van der Waals surface area contributed by atoms with Crippen LogP contribution in [0, 0.1) is 0 Å². The number of aliphatic carboxylic acids is 1. The number of benzene rings is 1. The molecule has 20 heavy (non-hydrogen) atoms. The molecule has 0 aliphatic carbocycles. The molecule has 1 heterocycles. The van der Waals surface area contributed by atoms with Crippen molar-refractivity contribution in [1.29, 1.82) is 0 Å². The van der Waals surface area contributed by atoms with Crippen molar-refractivity contribution in [2.45, 2.75) is 19.9 Å². The highest BCUT2D eigenvalue weighted by atomic mass is 16.4. The fraction of sp³-hybridized carbons (Fsp3) is 0.333. The van der Waals surface area contributed by atoms with Gasteiger partial charge in [0.2, 0.25) is 0 Å². The number of carboxylic acid groups (broad SMARTS) is 1. The van der Waals surface area contributed by atoms with Crippen LogP contribution in [0.2, 0.25) is 0 Å². The molecule has 1 N–H and O–H groups in total. The van der Waals surface area contributed by atoms with Crippen molar-refractivity contribution in [1.82, 2.24) is 4.57 Å². The molecule has 0 radical (unpaired) electrons. The van der Waals surface area contributed by atoms with Crippen LogP contribution in [-0.4, -0.2) is 29.2 Å². The maximum Gasteiger partial charge on any atom is 0.323 e. The number of carbonyl (C=O) groups is 1. The largest absolute Gasteiger partial charge is 0.480 e. The molecule has 0 spiro atoms. The van der Waals surface area contributed by atoms with E-state index in [1.54, 1.807) is 28.6 Å². The minimum atomic E-state index is -0.875. The molecule has 0 saturated heterocycles. The number of hydrogen-bond acceptors (Lipinski definition) is 3. The third kappa shape index (κ3) is 2.66. The zero-order chi connectivity index (χ0) is 14.9. The fourth-order valence-electron chi connectivity index (χ4n) is 2.32. The first-order chi connectivity index (χ1) is 9.40. The summed E-state index contributed by atoms with van der Waals surface area (Å²) < 4.78 is 1.73. The summed E-state index contributed by atoms with van der Waals surface area (Å²) >= 11 is 0. The molecule has 0 aliphatic heterocycles. The van der Waals surface area contributed by atoms with Gasteiger partial charge in [-0.3, -0.25) is 9.59 Å². The molecule has 0 bridgehead atoms. The molecule has 0 atom stereocenters. The van der Waals surface area contributed by atoms with E-state index in [2.05, 4.69) is 0 Å². The van der Waals surface area contributed by atoms with Crippen LogP contribution in [0.1, 0.15) is 19.9 Å². The second kappa shape index (κ2) is 5.36. The van der Waals surface area contributed by atoms with Crippen LogP contribution in [-0.2, 0) is 4.79 Å². The van der Waals surface area contributed by atoms with Gasteiger partial charge in [-0.25, -0.2) is 0 Å². The number of pyridine rings is 1. The zero-order valence-electron chi connectivity index (χ0n) is 11.8. The summed E-state index contributed by atoms with van der Waals surface area (Å²) in [6.45, 7) is 3.87. The van der Waals surface area contributed by atoms with Crippen molar-refractivity contribution in [3.05, 3.63) is 40.7 Å². The van der Waals surface area contributed by atoms with Crippen LogP contribution >= 0.6 is 0 Å². The highest BCUT2D eigenvalue weighted by Gasteiger charge is 2.10. The molecule has 0 amide bonds. The predicted molar refractivity (Wildman–Crippen MR) is 79.5 cm³/mol. The van der Waals surface area contributed by atoms with Gasteiger partial charge in [-0.05, 0) is 38.1 Å². The average molecular weight is 274 g/mol. The van der Waals surface area contributed by atoms with Gasteiger partial charge >= 0.3 is 5.97 Å². The minimum Gasteiger partial charge on any atom is -0.480 e. The Morgan fingerprint density at radius 2 is 2.00 bits per heavy atom. The Morgan fingerprint density at radius 3 is 2.60 bits per heavy atom. The molecule has 5 heteroatoms. The Hall–Kier alpha value is -2.30. The van der Waals surface area contributed by atoms with E-state index in [9.17, 15) is 9.59 Å². The summed E-state index contributed by atoms with van der Waals surface area (Å²) in [5.74, 6) is -0.875. The first-order valence-electron chi connectivity index (χ1n) is 6.48. The van der Waals surface area contributed by atoms with Gasteiger partial charge in [0, 0.05) is 30.2 Å². The maximum absolute atomic E-state index is 11.9. The quantitative estimate of drug-likeness (QED) is 0.927. The number of aromatic nitrogens is 1. The lowest BCUT2D eigenvalue weighted by molar-refractivity contribution is -0.135. The molecule has 106 valence electrons. The molecular weight excluding hydrogens is 256 g/mol. The van der Waals surface area contributed by atoms with Crippen molar-refractivity contribution < 1.29 is 9.90 Å². The van der Waals surface area contributed by atoms with Gasteiger partial charge in [-0.2, -0.15) is 0 Å². The summed E-state index contributed by atoms with van der Waals surface area (Å²) in [7, 11) is 1.73. The summed E-state index contributed by atoms with van der Waals surface area (Å²) in [4.78, 5) is 24.3. The highest BCUT2D eigenvalue weighted by molar-refractivity contribution is 5.84. The number of fused-ring (bicyclic) bond motifs is 1. The Kier molecular flexibility index (Phi) is 3.79. The molecule has 2 aromatic rings. The van der Waals surface area contributed by atoms with E-state index >= 15 is 0 Å². The number of likely N-dealkylation sites (N-methyl/N-ethyl adjacent to an activating group) is 1. The van der Waals surface area contributed by atoms with Gasteiger partial charge in [-0.1, -0.05) is 0 Å². The lowest BCUT2D eigenvalue weighted by Gasteiger charge is -2.19. The van der Waals surface area contributed by atoms with E-state index in [1.807, 2.05) is 32.0 Å². The summed E-state index contributed by atoms with van der Waals surface area (Å²) in [6.07, 6.45) is 0. The normalized spacial score (nSPS) is 11.0. The summed E-state index contributed by atoms with van der Waals surface area (Å²) in [5, 5.41) is 9.75. The van der Waals surface area contributed by atoms with Gasteiger partial charge in [0.25, 0.3) is 5.56 Å². The molecule has 0 fully saturated rings. The van der Waals surface area contributed by atoms with Crippen LogP contribution in [0.25, 0.3) is 10.9 Å². The third-order valence-electron chi connectivity index (χ3n) is 3.24. The van der Waals surface area contributed by atoms with Crippen LogP contribution in [0.3, 0.4) is 0 Å². The van der Waals surface area contributed by atoms with Crippen LogP contribution in [0.5, 0.6) is 0 Å². The monoisotopic (exact) mass is 274 g/mol. The van der Waals surface area contributed by atoms with Crippen molar-refractivity contribution >= 4 is 22.6 Å². The Bertz CT molecular complexity index is 704. The number of rotatable bonds is 4. The average Bonchev–Trinajstić information content (AvgIpc) is 2.36. The van der Waals surface area contributed by atoms with Gasteiger partial charge in [0.1, 0.15) is 6.54 Å². The van der Waals surface area contributed by atoms with Gasteiger partial charge in [0.15, 0.2) is 0 Å². The molecule has 0 aliphatic rings. The highest BCUT2D eigenvalue weighted by Crippen LogP contribution is 2.22. The second-order valence-corrected chi connectivity index (χ2v) is 5.13. The fourth-order valence-corrected chi connectivity index (χ4v) is 2.32. The van der Waals surface area contributed by atoms with Crippen LogP contribution < -0.4 is 10.5 Å². The van der Waals surface area contributed by atoms with Crippen molar-refractivity contribution in [3.63, 3.8) is 0 Å². The standard InChI is InChI=1S/C15H18N2O3/c1-10(2)17-13-6-5-12(16(3)9-15(19)20)8-11(13)4-7-14(17)18/h4-8,10H,9H2,1-3H3,(H,19,20). The van der Waals surface area contributed by atoms with Gasteiger partial charge < -0.3 is 14.6 Å². The first kappa shape index (κ1) is 14.1. The van der Waals surface area contributed by atoms with Crippen molar-refractivity contribution in [3.8, 4) is 0 Å². The molecule has 0 unspecified atom stereocenters. The smallest absolute Gasteiger partial charge is 0.323 e. The van der Waals surface area contributed by atoms with E-state index < -0.39 is 5.97 Å². The second-order valence-electron chi connectivity index (χ2n) is 5.13. The SMILES string of the molecule is CC(C)n1c(=O)ccc2cc(N(C)CC(=O)O)ccc21. The minimum absolute atomic E-state index is 0.0286. The Morgan fingerprint density at radius 1 is 1.30 bits per heavy atom. The van der Waals surface area contributed by atoms with E-state index in [-0.39, 0.29) is 18.1 Å². The molecular formula is C15H18N2O3. The predicted octanol–water partition coefficient (Wildman–Crippen LogP) is 2.10. The molecule has 2 rings (SSSR count). The summed E-state index contributed by atoms with van der Waals surface area (Å²) in [5.41, 5.74) is 1.65. The number of nitrogens with zero attached hydrogens (tertiary/aromatic N) is 2. The number of hydrogen-bond donors (Lipinski definition) is 1. The number of carboxylic acids is 1. The van der Waals surface area contributed by atoms with E-state index in [0.29, 0.717) is 0 Å². The Balaban J connectivity index is 2.54. The molecule has 1 aromatic heterocycles. The van der Waals surface area contributed by atoms with Crippen LogP contribution in [0.4, 0.5) is 5.69 Å². The van der Waals surface area contributed by atoms with Crippen molar-refractivity contribution in [2.24, 2.45) is 0 Å². The zero-order valence-corrected chi connectivity index (χ0v) is 11.8. The molecule has 5 nitrogen and oxygen atoms in total. The lowest BCUT2D eigenvalue weighted by Crippen LogP contribution is -2.25. The van der Waals surface area contributed by atoms with E-state index in [0.717, 1.165) is 16.6 Å². The molecule has 1 aromatic carbocycles. The van der Waals surface area contributed by atoms with Gasteiger partial charge in [-0.15, -0.1) is 0 Å². The Labute approximate surface area is 117 Å². The van der Waals surface area contributed by atoms with E-state index in [1.165, 1.54) is 0 Å².